The zero-order chi connectivity index (χ0) is 25.5. The normalized spacial score (nSPS) is 11.9. The lowest BCUT2D eigenvalue weighted by Crippen LogP contribution is -2.33. The number of hydrogen-bond donors (Lipinski definition) is 3. The maximum Gasteiger partial charge on any atom is 0.305 e. The standard InChI is InChI=1S/C27H28N4O5/c1-17(2)21(31-24-9-7-20(15-29-24)27(34)28-12-11-26(32)33)16-35-25-10-8-19(14-30-25)23-13-18-5-3-4-6-22(18)36-23/h3-10,13-15,17,21H,11-12,16H2,1-2H3,(H,28,34)(H,29,31)(H,32,33). The van der Waals surface area contributed by atoms with Gasteiger partial charge in [0.25, 0.3) is 5.91 Å². The average molecular weight is 489 g/mol. The Hall–Kier alpha value is -4.40. The Labute approximate surface area is 208 Å². The van der Waals surface area contributed by atoms with Crippen LogP contribution < -0.4 is 15.4 Å². The smallest absolute Gasteiger partial charge is 0.305 e. The third-order valence-electron chi connectivity index (χ3n) is 5.65. The SMILES string of the molecule is CC(C)C(COc1ccc(-c2cc3ccccc3o2)cn1)Nc1ccc(C(=O)NCCC(=O)O)cn1. The second-order valence-corrected chi connectivity index (χ2v) is 8.67. The van der Waals surface area contributed by atoms with E-state index < -0.39 is 5.97 Å². The summed E-state index contributed by atoms with van der Waals surface area (Å²) in [5.74, 6) is 0.766. The number of carbonyl (C=O) groups excluding carboxylic acids is 1. The molecule has 1 unspecified atom stereocenters. The summed E-state index contributed by atoms with van der Waals surface area (Å²) < 4.78 is 11.8. The topological polar surface area (TPSA) is 127 Å². The predicted octanol–water partition coefficient (Wildman–Crippen LogP) is 4.61. The van der Waals surface area contributed by atoms with E-state index in [0.717, 1.165) is 22.3 Å². The number of furan rings is 1. The van der Waals surface area contributed by atoms with E-state index in [1.807, 2.05) is 42.5 Å². The number of nitrogens with one attached hydrogen (secondary N) is 2. The molecule has 186 valence electrons. The maximum absolute atomic E-state index is 12.1. The number of ether oxygens (including phenoxy) is 1. The second-order valence-electron chi connectivity index (χ2n) is 8.67. The molecule has 0 spiro atoms. The highest BCUT2D eigenvalue weighted by atomic mass is 16.5. The molecule has 4 aromatic rings. The molecule has 0 aliphatic rings. The molecule has 0 fully saturated rings. The van der Waals surface area contributed by atoms with Crippen molar-refractivity contribution in [1.82, 2.24) is 15.3 Å². The summed E-state index contributed by atoms with van der Waals surface area (Å²) in [5, 5.41) is 15.6. The molecule has 0 saturated carbocycles. The third kappa shape index (κ3) is 6.38. The van der Waals surface area contributed by atoms with Crippen molar-refractivity contribution in [3.63, 3.8) is 0 Å². The van der Waals surface area contributed by atoms with Crippen LogP contribution in [0.25, 0.3) is 22.3 Å². The van der Waals surface area contributed by atoms with E-state index in [0.29, 0.717) is 23.9 Å². The number of carboxylic acid groups (broad SMARTS) is 1. The minimum absolute atomic E-state index is 0.0513. The van der Waals surface area contributed by atoms with E-state index in [9.17, 15) is 9.59 Å². The summed E-state index contributed by atoms with van der Waals surface area (Å²) in [4.78, 5) is 31.4. The monoisotopic (exact) mass is 488 g/mol. The Bertz CT molecular complexity index is 1280. The van der Waals surface area contributed by atoms with E-state index in [1.54, 1.807) is 18.3 Å². The molecule has 36 heavy (non-hydrogen) atoms. The van der Waals surface area contributed by atoms with Gasteiger partial charge in [0.2, 0.25) is 5.88 Å². The zero-order valence-corrected chi connectivity index (χ0v) is 20.1. The van der Waals surface area contributed by atoms with Gasteiger partial charge in [-0.1, -0.05) is 32.0 Å². The third-order valence-corrected chi connectivity index (χ3v) is 5.65. The molecule has 4 rings (SSSR count). The molecule has 3 aromatic heterocycles. The molecule has 1 amide bonds. The Balaban J connectivity index is 1.32. The van der Waals surface area contributed by atoms with Gasteiger partial charge in [0.05, 0.1) is 18.0 Å². The van der Waals surface area contributed by atoms with Crippen molar-refractivity contribution in [1.29, 1.82) is 0 Å². The Morgan fingerprint density at radius 2 is 1.89 bits per heavy atom. The van der Waals surface area contributed by atoms with E-state index in [4.69, 9.17) is 14.3 Å². The number of aromatic nitrogens is 2. The summed E-state index contributed by atoms with van der Waals surface area (Å²) in [6.07, 6.45) is 3.05. The Morgan fingerprint density at radius 1 is 1.06 bits per heavy atom. The van der Waals surface area contributed by atoms with Gasteiger partial charge < -0.3 is 24.9 Å². The molecule has 3 heterocycles. The average Bonchev–Trinajstić information content (AvgIpc) is 3.31. The Kier molecular flexibility index (Phi) is 7.79. The van der Waals surface area contributed by atoms with E-state index in [-0.39, 0.29) is 30.8 Å². The molecule has 9 nitrogen and oxygen atoms in total. The molecule has 0 saturated heterocycles. The van der Waals surface area contributed by atoms with Crippen molar-refractivity contribution in [2.75, 3.05) is 18.5 Å². The van der Waals surface area contributed by atoms with Gasteiger partial charge in [0.1, 0.15) is 23.8 Å². The predicted molar refractivity (Wildman–Crippen MR) is 136 cm³/mol. The number of aliphatic carboxylic acids is 1. The van der Waals surface area contributed by atoms with Crippen molar-refractivity contribution in [3.05, 3.63) is 72.6 Å². The molecule has 0 aliphatic carbocycles. The molecular formula is C27H28N4O5. The number of carbonyl (C=O) groups is 2. The van der Waals surface area contributed by atoms with E-state index in [2.05, 4.69) is 34.4 Å². The van der Waals surface area contributed by atoms with Crippen molar-refractivity contribution >= 4 is 28.7 Å². The van der Waals surface area contributed by atoms with Gasteiger partial charge in [-0.3, -0.25) is 9.59 Å². The minimum Gasteiger partial charge on any atom is -0.481 e. The highest BCUT2D eigenvalue weighted by Gasteiger charge is 2.16. The summed E-state index contributed by atoms with van der Waals surface area (Å²) in [6.45, 7) is 4.58. The Morgan fingerprint density at radius 3 is 2.56 bits per heavy atom. The lowest BCUT2D eigenvalue weighted by atomic mass is 10.1. The first-order chi connectivity index (χ1) is 17.4. The van der Waals surface area contributed by atoms with Crippen LogP contribution in [0.1, 0.15) is 30.6 Å². The molecule has 0 radical (unpaired) electrons. The van der Waals surface area contributed by atoms with E-state index in [1.165, 1.54) is 6.20 Å². The molecular weight excluding hydrogens is 460 g/mol. The number of para-hydroxylation sites is 1. The van der Waals surface area contributed by atoms with Crippen molar-refractivity contribution in [3.8, 4) is 17.2 Å². The number of nitrogens with zero attached hydrogens (tertiary/aromatic N) is 2. The molecule has 3 N–H and O–H groups in total. The van der Waals surface area contributed by atoms with Crippen molar-refractivity contribution in [2.45, 2.75) is 26.3 Å². The van der Waals surface area contributed by atoms with Crippen LogP contribution in [-0.2, 0) is 4.79 Å². The van der Waals surface area contributed by atoms with Gasteiger partial charge in [-0.2, -0.15) is 0 Å². The van der Waals surface area contributed by atoms with E-state index >= 15 is 0 Å². The van der Waals surface area contributed by atoms with Crippen LogP contribution in [0, 0.1) is 5.92 Å². The molecule has 1 atom stereocenters. The number of fused-ring (bicyclic) bond motifs is 1. The van der Waals surface area contributed by atoms with Gasteiger partial charge in [0, 0.05) is 36.0 Å². The van der Waals surface area contributed by atoms with Crippen LogP contribution in [0.2, 0.25) is 0 Å². The molecule has 0 bridgehead atoms. The van der Waals surface area contributed by atoms with Crippen LogP contribution in [0.4, 0.5) is 5.82 Å². The molecule has 9 heteroatoms. The van der Waals surface area contributed by atoms with Gasteiger partial charge in [-0.25, -0.2) is 9.97 Å². The summed E-state index contributed by atoms with van der Waals surface area (Å²) in [7, 11) is 0. The first kappa shape index (κ1) is 24.7. The fourth-order valence-electron chi connectivity index (χ4n) is 3.50. The maximum atomic E-state index is 12.1. The van der Waals surface area contributed by atoms with Gasteiger partial charge in [-0.15, -0.1) is 0 Å². The van der Waals surface area contributed by atoms with Crippen LogP contribution in [0.15, 0.2) is 71.4 Å². The second kappa shape index (κ2) is 11.4. The van der Waals surface area contributed by atoms with Crippen LogP contribution >= 0.6 is 0 Å². The van der Waals surface area contributed by atoms with Crippen LogP contribution in [0.3, 0.4) is 0 Å². The van der Waals surface area contributed by atoms with Crippen LogP contribution in [0.5, 0.6) is 5.88 Å². The number of anilines is 1. The number of pyridine rings is 2. The van der Waals surface area contributed by atoms with Gasteiger partial charge in [-0.05, 0) is 36.2 Å². The van der Waals surface area contributed by atoms with Gasteiger partial charge in [0.15, 0.2) is 0 Å². The van der Waals surface area contributed by atoms with Crippen LogP contribution in [-0.4, -0.2) is 46.1 Å². The number of carboxylic acids is 1. The summed E-state index contributed by atoms with van der Waals surface area (Å²) in [5.41, 5.74) is 2.06. The molecule has 0 aliphatic heterocycles. The number of hydrogen-bond acceptors (Lipinski definition) is 7. The summed E-state index contributed by atoms with van der Waals surface area (Å²) in [6, 6.07) is 16.9. The fourth-order valence-corrected chi connectivity index (χ4v) is 3.50. The number of amides is 1. The molecule has 1 aromatic carbocycles. The first-order valence-corrected chi connectivity index (χ1v) is 11.7. The first-order valence-electron chi connectivity index (χ1n) is 11.7. The van der Waals surface area contributed by atoms with Crippen molar-refractivity contribution in [2.24, 2.45) is 5.92 Å². The largest absolute Gasteiger partial charge is 0.481 e. The number of benzene rings is 1. The minimum atomic E-state index is -0.965. The highest BCUT2D eigenvalue weighted by Crippen LogP contribution is 2.28. The fraction of sp³-hybridized carbons (Fsp3) is 0.259. The summed E-state index contributed by atoms with van der Waals surface area (Å²) >= 11 is 0. The lowest BCUT2D eigenvalue weighted by Gasteiger charge is -2.23. The lowest BCUT2D eigenvalue weighted by molar-refractivity contribution is -0.136. The quantitative estimate of drug-likeness (QED) is 0.279. The highest BCUT2D eigenvalue weighted by molar-refractivity contribution is 5.94. The number of rotatable bonds is 11. The van der Waals surface area contributed by atoms with Gasteiger partial charge >= 0.3 is 5.97 Å². The van der Waals surface area contributed by atoms with Crippen molar-refractivity contribution < 1.29 is 23.8 Å². The zero-order valence-electron chi connectivity index (χ0n) is 20.1.